The van der Waals surface area contributed by atoms with Crippen molar-refractivity contribution in [3.8, 4) is 0 Å². The van der Waals surface area contributed by atoms with E-state index in [2.05, 4.69) is 5.10 Å². The standard InChI is InChI=1S/C17H20Cl2N4O3S/c1-11-16(12(2)21(3)20-11)27(25,26)23-8-6-22(7-9-23)17(24)14-5-4-13(18)10-15(14)19/h4-5,10H,6-9H2,1-3H3. The molecular formula is C17H20Cl2N4O3S. The molecule has 0 aliphatic carbocycles. The minimum Gasteiger partial charge on any atom is -0.336 e. The van der Waals surface area contributed by atoms with Crippen molar-refractivity contribution in [1.82, 2.24) is 19.0 Å². The second kappa shape index (κ2) is 7.43. The van der Waals surface area contributed by atoms with Gasteiger partial charge in [0.05, 0.1) is 22.0 Å². The third-order valence-corrected chi connectivity index (χ3v) is 7.43. The minimum atomic E-state index is -3.66. The number of benzene rings is 1. The summed E-state index contributed by atoms with van der Waals surface area (Å²) in [4.78, 5) is 14.5. The summed E-state index contributed by atoms with van der Waals surface area (Å²) in [6.07, 6.45) is 0. The number of rotatable bonds is 3. The van der Waals surface area contributed by atoms with Gasteiger partial charge in [-0.15, -0.1) is 0 Å². The molecule has 7 nitrogen and oxygen atoms in total. The molecule has 10 heteroatoms. The number of hydrogen-bond donors (Lipinski definition) is 0. The molecule has 1 aliphatic rings. The number of carbonyl (C=O) groups excluding carboxylic acids is 1. The molecule has 1 saturated heterocycles. The molecule has 3 rings (SSSR count). The third-order valence-electron chi connectivity index (χ3n) is 4.73. The Morgan fingerprint density at radius 3 is 2.26 bits per heavy atom. The molecule has 0 radical (unpaired) electrons. The van der Waals surface area contributed by atoms with E-state index in [-0.39, 0.29) is 42.0 Å². The van der Waals surface area contributed by atoms with Gasteiger partial charge in [-0.3, -0.25) is 9.48 Å². The first-order valence-electron chi connectivity index (χ1n) is 8.37. The monoisotopic (exact) mass is 430 g/mol. The number of halogens is 2. The predicted octanol–water partition coefficient (Wildman–Crippen LogP) is 2.49. The molecule has 0 atom stereocenters. The lowest BCUT2D eigenvalue weighted by atomic mass is 10.2. The van der Waals surface area contributed by atoms with Crippen molar-refractivity contribution in [3.63, 3.8) is 0 Å². The first kappa shape index (κ1) is 20.1. The van der Waals surface area contributed by atoms with Crippen LogP contribution >= 0.6 is 23.2 Å². The molecule has 1 aliphatic heterocycles. The van der Waals surface area contributed by atoms with E-state index >= 15 is 0 Å². The number of hydrogen-bond acceptors (Lipinski definition) is 4. The Bertz CT molecular complexity index is 996. The molecule has 0 unspecified atom stereocenters. The number of piperazine rings is 1. The normalized spacial score (nSPS) is 16.0. The maximum atomic E-state index is 13.0. The first-order valence-corrected chi connectivity index (χ1v) is 10.6. The van der Waals surface area contributed by atoms with Gasteiger partial charge in [0.2, 0.25) is 10.0 Å². The van der Waals surface area contributed by atoms with Crippen LogP contribution in [-0.2, 0) is 17.1 Å². The van der Waals surface area contributed by atoms with Gasteiger partial charge in [0.1, 0.15) is 4.90 Å². The predicted molar refractivity (Wildman–Crippen MR) is 104 cm³/mol. The highest BCUT2D eigenvalue weighted by Crippen LogP contribution is 2.26. The Kier molecular flexibility index (Phi) is 5.54. The molecule has 2 heterocycles. The van der Waals surface area contributed by atoms with E-state index in [0.29, 0.717) is 22.0 Å². The Balaban J connectivity index is 1.76. The van der Waals surface area contributed by atoms with Crippen molar-refractivity contribution in [2.45, 2.75) is 18.7 Å². The fourth-order valence-corrected chi connectivity index (χ4v) is 5.53. The second-order valence-electron chi connectivity index (χ2n) is 6.44. The summed E-state index contributed by atoms with van der Waals surface area (Å²) < 4.78 is 29.0. The summed E-state index contributed by atoms with van der Waals surface area (Å²) >= 11 is 12.0. The van der Waals surface area contributed by atoms with E-state index in [4.69, 9.17) is 23.2 Å². The molecule has 0 bridgehead atoms. The Labute approximate surface area is 168 Å². The summed E-state index contributed by atoms with van der Waals surface area (Å²) in [6, 6.07) is 4.71. The number of carbonyl (C=O) groups is 1. The number of aromatic nitrogens is 2. The van der Waals surface area contributed by atoms with Crippen molar-refractivity contribution in [2.24, 2.45) is 7.05 Å². The van der Waals surface area contributed by atoms with E-state index < -0.39 is 10.0 Å². The van der Waals surface area contributed by atoms with E-state index in [1.807, 2.05) is 0 Å². The van der Waals surface area contributed by atoms with Crippen LogP contribution in [0.2, 0.25) is 10.0 Å². The van der Waals surface area contributed by atoms with Crippen molar-refractivity contribution in [3.05, 3.63) is 45.2 Å². The topological polar surface area (TPSA) is 75.5 Å². The van der Waals surface area contributed by atoms with E-state index in [0.717, 1.165) is 0 Å². The van der Waals surface area contributed by atoms with Crippen LogP contribution in [-0.4, -0.2) is 59.5 Å². The van der Waals surface area contributed by atoms with Crippen LogP contribution in [0.4, 0.5) is 0 Å². The summed E-state index contributed by atoms with van der Waals surface area (Å²) in [5, 5.41) is 4.93. The summed E-state index contributed by atoms with van der Waals surface area (Å²) in [6.45, 7) is 4.42. The highest BCUT2D eigenvalue weighted by atomic mass is 35.5. The first-order chi connectivity index (χ1) is 12.6. The van der Waals surface area contributed by atoms with Crippen LogP contribution in [0.3, 0.4) is 0 Å². The van der Waals surface area contributed by atoms with Gasteiger partial charge in [0.15, 0.2) is 0 Å². The van der Waals surface area contributed by atoms with Gasteiger partial charge in [-0.2, -0.15) is 9.40 Å². The Hall–Kier alpha value is -1.61. The maximum Gasteiger partial charge on any atom is 0.255 e. The van der Waals surface area contributed by atoms with Gasteiger partial charge in [0.25, 0.3) is 5.91 Å². The lowest BCUT2D eigenvalue weighted by Crippen LogP contribution is -2.50. The molecule has 1 aromatic carbocycles. The molecule has 0 saturated carbocycles. The number of aryl methyl sites for hydroxylation is 2. The highest BCUT2D eigenvalue weighted by Gasteiger charge is 2.34. The van der Waals surface area contributed by atoms with Crippen LogP contribution in [0.25, 0.3) is 0 Å². The van der Waals surface area contributed by atoms with E-state index in [1.54, 1.807) is 42.6 Å². The molecule has 1 fully saturated rings. The van der Waals surface area contributed by atoms with Crippen molar-refractivity contribution in [2.75, 3.05) is 26.2 Å². The van der Waals surface area contributed by atoms with Crippen LogP contribution in [0.5, 0.6) is 0 Å². The highest BCUT2D eigenvalue weighted by molar-refractivity contribution is 7.89. The number of amides is 1. The van der Waals surface area contributed by atoms with Crippen LogP contribution in [0.15, 0.2) is 23.1 Å². The largest absolute Gasteiger partial charge is 0.336 e. The fraction of sp³-hybridized carbons (Fsp3) is 0.412. The van der Waals surface area contributed by atoms with E-state index in [1.165, 1.54) is 10.4 Å². The number of sulfonamides is 1. The molecule has 1 amide bonds. The van der Waals surface area contributed by atoms with Gasteiger partial charge >= 0.3 is 0 Å². The molecule has 27 heavy (non-hydrogen) atoms. The maximum absolute atomic E-state index is 13.0. The summed E-state index contributed by atoms with van der Waals surface area (Å²) in [5.74, 6) is -0.234. The van der Waals surface area contributed by atoms with Gasteiger partial charge in [-0.05, 0) is 32.0 Å². The summed E-state index contributed by atoms with van der Waals surface area (Å²) in [7, 11) is -1.95. The summed E-state index contributed by atoms with van der Waals surface area (Å²) in [5.41, 5.74) is 1.43. The SMILES string of the molecule is Cc1nn(C)c(C)c1S(=O)(=O)N1CCN(C(=O)c2ccc(Cl)cc2Cl)CC1. The van der Waals surface area contributed by atoms with Gasteiger partial charge < -0.3 is 4.90 Å². The average molecular weight is 431 g/mol. The molecule has 0 N–H and O–H groups in total. The van der Waals surface area contributed by atoms with Crippen molar-refractivity contribution in [1.29, 1.82) is 0 Å². The average Bonchev–Trinajstić information content (AvgIpc) is 2.87. The Morgan fingerprint density at radius 1 is 1.11 bits per heavy atom. The van der Waals surface area contributed by atoms with Crippen LogP contribution in [0.1, 0.15) is 21.7 Å². The molecule has 2 aromatic rings. The molecule has 0 spiro atoms. The Morgan fingerprint density at radius 2 is 1.74 bits per heavy atom. The van der Waals surface area contributed by atoms with E-state index in [9.17, 15) is 13.2 Å². The zero-order valence-electron chi connectivity index (χ0n) is 15.2. The van der Waals surface area contributed by atoms with Crippen molar-refractivity contribution >= 4 is 39.1 Å². The zero-order valence-corrected chi connectivity index (χ0v) is 17.6. The second-order valence-corrected chi connectivity index (χ2v) is 9.16. The molecule has 1 aromatic heterocycles. The lowest BCUT2D eigenvalue weighted by molar-refractivity contribution is 0.0698. The third kappa shape index (κ3) is 3.71. The number of nitrogens with zero attached hydrogens (tertiary/aromatic N) is 4. The van der Waals surface area contributed by atoms with Gasteiger partial charge in [0, 0.05) is 38.2 Å². The van der Waals surface area contributed by atoms with Crippen LogP contribution < -0.4 is 0 Å². The van der Waals surface area contributed by atoms with Gasteiger partial charge in [-0.25, -0.2) is 8.42 Å². The molecule has 146 valence electrons. The van der Waals surface area contributed by atoms with Gasteiger partial charge in [-0.1, -0.05) is 23.2 Å². The quantitative estimate of drug-likeness (QED) is 0.749. The minimum absolute atomic E-state index is 0.215. The van der Waals surface area contributed by atoms with Crippen LogP contribution in [0, 0.1) is 13.8 Å². The smallest absolute Gasteiger partial charge is 0.255 e. The van der Waals surface area contributed by atoms with Crippen molar-refractivity contribution < 1.29 is 13.2 Å². The fourth-order valence-electron chi connectivity index (χ4n) is 3.22. The lowest BCUT2D eigenvalue weighted by Gasteiger charge is -2.34. The zero-order chi connectivity index (χ0) is 19.9. The molecular weight excluding hydrogens is 411 g/mol.